The minimum atomic E-state index is 0.322. The fraction of sp³-hybridized carbons (Fsp3) is 0.136. The Hall–Kier alpha value is -3.27. The molecule has 0 saturated heterocycles. The Kier molecular flexibility index (Phi) is 14.5. The molecule has 4 heteroatoms. The molecule has 3 aromatic carbocycles. The second kappa shape index (κ2) is 16.6. The van der Waals surface area contributed by atoms with Crippen LogP contribution in [0.15, 0.2) is 91.0 Å². The Morgan fingerprint density at radius 3 is 1.38 bits per heavy atom. The molecule has 0 aliphatic rings. The molecule has 26 heavy (non-hydrogen) atoms. The first kappa shape index (κ1) is 22.7. The van der Waals surface area contributed by atoms with Gasteiger partial charge in [-0.2, -0.15) is 0 Å². The molecule has 3 rings (SSSR count). The maximum atomic E-state index is 8.63. The van der Waals surface area contributed by atoms with Crippen molar-refractivity contribution in [3.63, 3.8) is 0 Å². The minimum Gasteiger partial charge on any atom is -0.508 e. The third-order valence-electron chi connectivity index (χ3n) is 2.97. The summed E-state index contributed by atoms with van der Waals surface area (Å²) in [5.74, 6) is 0.322. The highest BCUT2D eigenvalue weighted by Crippen LogP contribution is 2.03. The van der Waals surface area contributed by atoms with Crippen molar-refractivity contribution in [1.29, 1.82) is 0 Å². The summed E-state index contributed by atoms with van der Waals surface area (Å²) in [6, 6.07) is 29.0. The van der Waals surface area contributed by atoms with Gasteiger partial charge in [-0.25, -0.2) is 0 Å². The average molecular weight is 352 g/mol. The predicted octanol–water partition coefficient (Wildman–Crippen LogP) is 5.05. The standard InChI is InChI=1S/C8H11N.C7H9N.C6H6O.CH2O/c1-2-9-8-6-4-3-5-7-8;1-8-7-5-3-2-4-6-7;7-6-4-2-1-3-5-6;1-2/h3-7,9H,2H2,1H3;2-6,8H,1H3;1-5,7H;1H2. The second-order valence-corrected chi connectivity index (χ2v) is 4.85. The van der Waals surface area contributed by atoms with Crippen molar-refractivity contribution in [3.8, 4) is 5.75 Å². The Morgan fingerprint density at radius 2 is 1.12 bits per heavy atom. The van der Waals surface area contributed by atoms with Crippen LogP contribution in [0, 0.1) is 0 Å². The number of benzene rings is 3. The van der Waals surface area contributed by atoms with Crippen LogP contribution in [-0.2, 0) is 4.79 Å². The first-order chi connectivity index (χ1) is 12.8. The van der Waals surface area contributed by atoms with Gasteiger partial charge in [-0.15, -0.1) is 0 Å². The molecular weight excluding hydrogens is 324 g/mol. The van der Waals surface area contributed by atoms with E-state index >= 15 is 0 Å². The van der Waals surface area contributed by atoms with Gasteiger partial charge in [-0.05, 0) is 43.3 Å². The molecule has 0 radical (unpaired) electrons. The highest BCUT2D eigenvalue weighted by atomic mass is 16.3. The van der Waals surface area contributed by atoms with E-state index in [0.29, 0.717) is 5.75 Å². The maximum Gasteiger partial charge on any atom is 0.115 e. The molecule has 0 amide bonds. The number of carbonyl (C=O) groups excluding carboxylic acids is 1. The van der Waals surface area contributed by atoms with Crippen LogP contribution in [0.2, 0.25) is 0 Å². The normalized spacial score (nSPS) is 8.23. The molecule has 0 saturated carbocycles. The highest BCUT2D eigenvalue weighted by molar-refractivity contribution is 5.42. The van der Waals surface area contributed by atoms with Crippen LogP contribution in [0.3, 0.4) is 0 Å². The zero-order chi connectivity index (χ0) is 19.5. The molecule has 0 atom stereocenters. The lowest BCUT2D eigenvalue weighted by atomic mass is 10.3. The van der Waals surface area contributed by atoms with Crippen LogP contribution in [0.25, 0.3) is 0 Å². The third kappa shape index (κ3) is 12.2. The largest absolute Gasteiger partial charge is 0.508 e. The van der Waals surface area contributed by atoms with Gasteiger partial charge in [0, 0.05) is 25.0 Å². The van der Waals surface area contributed by atoms with E-state index in [2.05, 4.69) is 29.7 Å². The van der Waals surface area contributed by atoms with E-state index in [9.17, 15) is 0 Å². The zero-order valence-electron chi connectivity index (χ0n) is 15.4. The topological polar surface area (TPSA) is 61.4 Å². The lowest BCUT2D eigenvalue weighted by Crippen LogP contribution is -1.94. The first-order valence-electron chi connectivity index (χ1n) is 8.30. The van der Waals surface area contributed by atoms with Crippen LogP contribution in [0.1, 0.15) is 6.92 Å². The third-order valence-corrected chi connectivity index (χ3v) is 2.97. The van der Waals surface area contributed by atoms with Crippen molar-refractivity contribution in [2.24, 2.45) is 0 Å². The predicted molar refractivity (Wildman–Crippen MR) is 112 cm³/mol. The van der Waals surface area contributed by atoms with Gasteiger partial charge in [0.1, 0.15) is 12.5 Å². The zero-order valence-corrected chi connectivity index (χ0v) is 15.4. The lowest BCUT2D eigenvalue weighted by molar-refractivity contribution is -0.0979. The quantitative estimate of drug-likeness (QED) is 0.617. The average Bonchev–Trinajstić information content (AvgIpc) is 2.73. The molecule has 0 aliphatic heterocycles. The Balaban J connectivity index is 0.000000346. The lowest BCUT2D eigenvalue weighted by Gasteiger charge is -1.99. The van der Waals surface area contributed by atoms with Gasteiger partial charge in [0.05, 0.1) is 0 Å². The van der Waals surface area contributed by atoms with Crippen LogP contribution < -0.4 is 10.6 Å². The smallest absolute Gasteiger partial charge is 0.115 e. The number of phenols is 1. The second-order valence-electron chi connectivity index (χ2n) is 4.85. The molecule has 3 aromatic rings. The van der Waals surface area contributed by atoms with Crippen LogP contribution in [0.5, 0.6) is 5.75 Å². The summed E-state index contributed by atoms with van der Waals surface area (Å²) in [6.07, 6.45) is 0. The SMILES string of the molecule is C=O.CCNc1ccccc1.CNc1ccccc1.Oc1ccccc1. The number of rotatable bonds is 3. The molecule has 4 nitrogen and oxygen atoms in total. The molecule has 0 bridgehead atoms. The number of hydrogen-bond acceptors (Lipinski definition) is 4. The molecule has 0 unspecified atom stereocenters. The fourth-order valence-corrected chi connectivity index (χ4v) is 1.79. The number of para-hydroxylation sites is 3. The Labute approximate surface area is 156 Å². The van der Waals surface area contributed by atoms with Crippen molar-refractivity contribution in [2.75, 3.05) is 24.2 Å². The first-order valence-corrected chi connectivity index (χ1v) is 8.30. The number of hydrogen-bond donors (Lipinski definition) is 3. The van der Waals surface area contributed by atoms with Gasteiger partial charge >= 0.3 is 0 Å². The Bertz CT molecular complexity index is 647. The van der Waals surface area contributed by atoms with Gasteiger partial charge in [0.2, 0.25) is 0 Å². The molecule has 0 heterocycles. The van der Waals surface area contributed by atoms with Crippen molar-refractivity contribution in [3.05, 3.63) is 91.0 Å². The molecule has 0 aromatic heterocycles. The fourth-order valence-electron chi connectivity index (χ4n) is 1.79. The molecule has 0 aliphatic carbocycles. The van der Waals surface area contributed by atoms with Gasteiger partial charge in [0.25, 0.3) is 0 Å². The van der Waals surface area contributed by atoms with Gasteiger partial charge in [-0.3, -0.25) is 0 Å². The molecule has 0 spiro atoms. The monoisotopic (exact) mass is 352 g/mol. The van der Waals surface area contributed by atoms with E-state index in [1.54, 1.807) is 24.3 Å². The van der Waals surface area contributed by atoms with Crippen LogP contribution in [0.4, 0.5) is 11.4 Å². The van der Waals surface area contributed by atoms with Gasteiger partial charge in [0.15, 0.2) is 0 Å². The number of carbonyl (C=O) groups is 1. The summed E-state index contributed by atoms with van der Waals surface area (Å²) in [4.78, 5) is 8.00. The van der Waals surface area contributed by atoms with Crippen molar-refractivity contribution >= 4 is 18.2 Å². The summed E-state index contributed by atoms with van der Waals surface area (Å²) < 4.78 is 0. The van der Waals surface area contributed by atoms with E-state index < -0.39 is 0 Å². The Morgan fingerprint density at radius 1 is 0.731 bits per heavy atom. The number of aromatic hydroxyl groups is 1. The summed E-state index contributed by atoms with van der Waals surface area (Å²) in [7, 11) is 1.91. The van der Waals surface area contributed by atoms with Crippen molar-refractivity contribution in [2.45, 2.75) is 6.92 Å². The summed E-state index contributed by atoms with van der Waals surface area (Å²) in [5, 5.41) is 14.9. The summed E-state index contributed by atoms with van der Waals surface area (Å²) in [6.45, 7) is 5.08. The number of anilines is 2. The highest BCUT2D eigenvalue weighted by Gasteiger charge is 1.81. The van der Waals surface area contributed by atoms with E-state index in [-0.39, 0.29) is 0 Å². The van der Waals surface area contributed by atoms with Gasteiger partial charge < -0.3 is 20.5 Å². The maximum absolute atomic E-state index is 8.63. The molecular formula is C22H28N2O2. The molecule has 3 N–H and O–H groups in total. The van der Waals surface area contributed by atoms with Crippen LogP contribution >= 0.6 is 0 Å². The summed E-state index contributed by atoms with van der Waals surface area (Å²) >= 11 is 0. The van der Waals surface area contributed by atoms with E-state index in [0.717, 1.165) is 12.2 Å². The summed E-state index contributed by atoms with van der Waals surface area (Å²) in [5.41, 5.74) is 2.35. The molecule has 0 fully saturated rings. The van der Waals surface area contributed by atoms with Crippen molar-refractivity contribution in [1.82, 2.24) is 0 Å². The van der Waals surface area contributed by atoms with Crippen molar-refractivity contribution < 1.29 is 9.90 Å². The van der Waals surface area contributed by atoms with Crippen LogP contribution in [-0.4, -0.2) is 25.5 Å². The van der Waals surface area contributed by atoms with E-state index in [1.165, 1.54) is 5.69 Å². The minimum absolute atomic E-state index is 0.322. The van der Waals surface area contributed by atoms with Gasteiger partial charge in [-0.1, -0.05) is 54.6 Å². The molecule has 138 valence electrons. The van der Waals surface area contributed by atoms with E-state index in [4.69, 9.17) is 9.90 Å². The number of nitrogens with one attached hydrogen (secondary N) is 2. The van der Waals surface area contributed by atoms with E-state index in [1.807, 2.05) is 68.4 Å². The number of phenolic OH excluding ortho intramolecular Hbond substituents is 1.